The summed E-state index contributed by atoms with van der Waals surface area (Å²) in [5.41, 5.74) is 5.66. The molecule has 0 bridgehead atoms. The van der Waals surface area contributed by atoms with Gasteiger partial charge in [-0.2, -0.15) is 0 Å². The highest BCUT2D eigenvalue weighted by Crippen LogP contribution is 2.34. The van der Waals surface area contributed by atoms with Gasteiger partial charge in [0.15, 0.2) is 0 Å². The second-order valence-electron chi connectivity index (χ2n) is 12.7. The quantitative estimate of drug-likeness (QED) is 0.0670. The van der Waals surface area contributed by atoms with Gasteiger partial charge in [0.05, 0.1) is 0 Å². The number of nitrogens with zero attached hydrogens (tertiary/aromatic N) is 1. The molecule has 0 fully saturated rings. The third kappa shape index (κ3) is 26.1. The molecule has 0 aromatic carbocycles. The zero-order chi connectivity index (χ0) is 31.1. The van der Waals surface area contributed by atoms with Crippen molar-refractivity contribution in [2.45, 2.75) is 168 Å². The lowest BCUT2D eigenvalue weighted by atomic mass is 9.77. The van der Waals surface area contributed by atoms with Crippen LogP contribution in [0.5, 0.6) is 0 Å². The number of hydrogen-bond donors (Lipinski definition) is 1. The molecule has 2 N–H and O–H groups in total. The second kappa shape index (κ2) is 30.9. The van der Waals surface area contributed by atoms with Crippen molar-refractivity contribution in [3.63, 3.8) is 0 Å². The summed E-state index contributed by atoms with van der Waals surface area (Å²) in [7, 11) is 4.22. The summed E-state index contributed by atoms with van der Waals surface area (Å²) in [5.74, 6) is 0.895. The molecule has 4 nitrogen and oxygen atoms in total. The Morgan fingerprint density at radius 1 is 0.595 bits per heavy atom. The van der Waals surface area contributed by atoms with Crippen molar-refractivity contribution in [1.82, 2.24) is 4.90 Å². The van der Waals surface area contributed by atoms with Crippen LogP contribution >= 0.6 is 0 Å². The number of carbonyl (C=O) groups is 1. The lowest BCUT2D eigenvalue weighted by molar-refractivity contribution is 0.0292. The molecule has 0 spiro atoms. The third-order valence-corrected chi connectivity index (χ3v) is 8.43. The molecule has 0 aromatic rings. The Bertz CT molecular complexity index is 644. The number of nitrogens with two attached hydrogens (primary N) is 1. The molecule has 0 aliphatic heterocycles. The summed E-state index contributed by atoms with van der Waals surface area (Å²) in [5, 5.41) is 0. The topological polar surface area (TPSA) is 55.6 Å². The Balaban J connectivity index is 5.54. The van der Waals surface area contributed by atoms with Crippen LogP contribution in [0.3, 0.4) is 0 Å². The lowest BCUT2D eigenvalue weighted by Gasteiger charge is -2.34. The van der Waals surface area contributed by atoms with E-state index in [1.54, 1.807) is 0 Å². The fraction of sp³-hybridized carbons (Fsp3) is 0.816. The van der Waals surface area contributed by atoms with Crippen molar-refractivity contribution in [3.05, 3.63) is 36.5 Å². The van der Waals surface area contributed by atoms with Gasteiger partial charge < -0.3 is 15.4 Å². The van der Waals surface area contributed by atoms with Gasteiger partial charge in [-0.3, -0.25) is 0 Å². The van der Waals surface area contributed by atoms with Crippen LogP contribution in [0.1, 0.15) is 162 Å². The van der Waals surface area contributed by atoms with Gasteiger partial charge in [-0.05, 0) is 135 Å². The maximum Gasteiger partial charge on any atom is 0.404 e. The predicted octanol–water partition coefficient (Wildman–Crippen LogP) is 11.6. The SMILES string of the molecule is CCCCC/C=C\CCCC(CCC/C=C\CCCCC)C(CC/C=C\CCCCC)C(CCCN(C)C)OC(N)=O. The number of allylic oxidation sites excluding steroid dienone is 6. The van der Waals surface area contributed by atoms with E-state index in [-0.39, 0.29) is 6.10 Å². The zero-order valence-electron chi connectivity index (χ0n) is 28.8. The molecule has 0 rings (SSSR count). The van der Waals surface area contributed by atoms with Crippen LogP contribution in [-0.2, 0) is 4.74 Å². The highest BCUT2D eigenvalue weighted by Gasteiger charge is 2.30. The molecular formula is C38H72N2O2. The number of ether oxygens (including phenoxy) is 1. The molecule has 0 aliphatic rings. The standard InChI is InChI=1S/C38H72N2O2/c1-6-9-12-15-18-21-23-26-30-35(31-27-24-22-19-16-13-10-7-2)36(32-28-25-20-17-14-11-8-3)37(42-38(39)41)33-29-34-40(4)5/h18-22,25,35-37H,6-17,23-24,26-34H2,1-5H3,(H2,39,41)/b21-18-,22-19-,25-20-. The van der Waals surface area contributed by atoms with Crippen molar-refractivity contribution < 1.29 is 9.53 Å². The van der Waals surface area contributed by atoms with Gasteiger partial charge >= 0.3 is 6.09 Å². The average molecular weight is 589 g/mol. The number of unbranched alkanes of at least 4 members (excludes halogenated alkanes) is 11. The Hall–Kier alpha value is -1.55. The average Bonchev–Trinajstić information content (AvgIpc) is 2.95. The molecule has 0 aliphatic carbocycles. The summed E-state index contributed by atoms with van der Waals surface area (Å²) in [6.07, 6.45) is 39.9. The largest absolute Gasteiger partial charge is 0.446 e. The predicted molar refractivity (Wildman–Crippen MR) is 186 cm³/mol. The first-order valence-electron chi connectivity index (χ1n) is 18.0. The first-order valence-corrected chi connectivity index (χ1v) is 18.0. The van der Waals surface area contributed by atoms with E-state index in [9.17, 15) is 4.79 Å². The summed E-state index contributed by atoms with van der Waals surface area (Å²) in [6, 6.07) is 0. The first kappa shape index (κ1) is 40.5. The van der Waals surface area contributed by atoms with Gasteiger partial charge in [0.1, 0.15) is 6.10 Å². The molecule has 0 saturated carbocycles. The molecule has 4 heteroatoms. The van der Waals surface area contributed by atoms with E-state index in [2.05, 4.69) is 76.2 Å². The van der Waals surface area contributed by atoms with Crippen molar-refractivity contribution in [2.75, 3.05) is 20.6 Å². The molecule has 0 saturated heterocycles. The zero-order valence-corrected chi connectivity index (χ0v) is 28.8. The van der Waals surface area contributed by atoms with Crippen molar-refractivity contribution >= 4 is 6.09 Å². The first-order chi connectivity index (χ1) is 20.5. The van der Waals surface area contributed by atoms with E-state index >= 15 is 0 Å². The number of amides is 1. The lowest BCUT2D eigenvalue weighted by Crippen LogP contribution is -2.35. The molecule has 0 aromatic heterocycles. The van der Waals surface area contributed by atoms with Gasteiger partial charge in [-0.15, -0.1) is 0 Å². The molecule has 0 radical (unpaired) electrons. The molecule has 1 amide bonds. The van der Waals surface area contributed by atoms with E-state index in [0.29, 0.717) is 11.8 Å². The Morgan fingerprint density at radius 2 is 1.02 bits per heavy atom. The minimum Gasteiger partial charge on any atom is -0.446 e. The van der Waals surface area contributed by atoms with Crippen LogP contribution in [0.15, 0.2) is 36.5 Å². The van der Waals surface area contributed by atoms with Crippen LogP contribution in [0.4, 0.5) is 4.79 Å². The van der Waals surface area contributed by atoms with E-state index in [1.165, 1.54) is 103 Å². The van der Waals surface area contributed by atoms with Crippen LogP contribution in [-0.4, -0.2) is 37.7 Å². The Morgan fingerprint density at radius 3 is 1.43 bits per heavy atom. The maximum atomic E-state index is 12.1. The highest BCUT2D eigenvalue weighted by molar-refractivity contribution is 5.64. The van der Waals surface area contributed by atoms with Crippen LogP contribution in [0, 0.1) is 11.8 Å². The minimum absolute atomic E-state index is 0.102. The Labute approximate surface area is 263 Å². The molecule has 246 valence electrons. The molecule has 42 heavy (non-hydrogen) atoms. The third-order valence-electron chi connectivity index (χ3n) is 8.43. The number of rotatable bonds is 30. The second-order valence-corrected chi connectivity index (χ2v) is 12.7. The monoisotopic (exact) mass is 589 g/mol. The van der Waals surface area contributed by atoms with Gasteiger partial charge in [0.25, 0.3) is 0 Å². The van der Waals surface area contributed by atoms with Gasteiger partial charge in [-0.25, -0.2) is 4.79 Å². The van der Waals surface area contributed by atoms with E-state index in [4.69, 9.17) is 10.5 Å². The fourth-order valence-corrected chi connectivity index (χ4v) is 5.94. The van der Waals surface area contributed by atoms with Crippen LogP contribution < -0.4 is 5.73 Å². The number of hydrogen-bond acceptors (Lipinski definition) is 3. The summed E-state index contributed by atoms with van der Waals surface area (Å²) in [4.78, 5) is 14.3. The normalized spacial score (nSPS) is 13.8. The van der Waals surface area contributed by atoms with Crippen LogP contribution in [0.2, 0.25) is 0 Å². The van der Waals surface area contributed by atoms with Crippen LogP contribution in [0.25, 0.3) is 0 Å². The minimum atomic E-state index is -0.617. The molecule has 2 unspecified atom stereocenters. The van der Waals surface area contributed by atoms with Crippen molar-refractivity contribution in [3.8, 4) is 0 Å². The van der Waals surface area contributed by atoms with E-state index < -0.39 is 6.09 Å². The van der Waals surface area contributed by atoms with Gasteiger partial charge in [0.2, 0.25) is 0 Å². The fourth-order valence-electron chi connectivity index (χ4n) is 5.94. The summed E-state index contributed by atoms with van der Waals surface area (Å²) < 4.78 is 5.92. The van der Waals surface area contributed by atoms with E-state index in [0.717, 1.165) is 45.1 Å². The summed E-state index contributed by atoms with van der Waals surface area (Å²) >= 11 is 0. The summed E-state index contributed by atoms with van der Waals surface area (Å²) in [6.45, 7) is 7.79. The van der Waals surface area contributed by atoms with Crippen molar-refractivity contribution in [1.29, 1.82) is 0 Å². The molecule has 0 heterocycles. The number of primary amides is 1. The molecular weight excluding hydrogens is 516 g/mol. The Kier molecular flexibility index (Phi) is 29.8. The molecule has 2 atom stereocenters. The van der Waals surface area contributed by atoms with Crippen molar-refractivity contribution in [2.24, 2.45) is 17.6 Å². The van der Waals surface area contributed by atoms with Gasteiger partial charge in [-0.1, -0.05) is 95.8 Å². The smallest absolute Gasteiger partial charge is 0.404 e. The van der Waals surface area contributed by atoms with Gasteiger partial charge in [0, 0.05) is 0 Å². The van der Waals surface area contributed by atoms with E-state index in [1.807, 2.05) is 0 Å². The number of carbonyl (C=O) groups excluding carboxylic acids is 1. The highest BCUT2D eigenvalue weighted by atomic mass is 16.6. The maximum absolute atomic E-state index is 12.1.